The molecule has 1 unspecified atom stereocenters. The predicted octanol–water partition coefficient (Wildman–Crippen LogP) is 9.60. The van der Waals surface area contributed by atoms with E-state index in [-0.39, 0.29) is 58.1 Å². The topological polar surface area (TPSA) is 0 Å². The van der Waals surface area contributed by atoms with Crippen molar-refractivity contribution in [1.29, 1.82) is 0 Å². The van der Waals surface area contributed by atoms with E-state index in [4.69, 9.17) is 0 Å². The van der Waals surface area contributed by atoms with E-state index >= 15 is 0 Å². The van der Waals surface area contributed by atoms with Gasteiger partial charge < -0.3 is 24.8 Å². The second-order valence-corrected chi connectivity index (χ2v) is 22.0. The van der Waals surface area contributed by atoms with Crippen LogP contribution in [0.25, 0.3) is 32.7 Å². The SMILES string of the molecule is CC(C)(C)C1=CC(C)(C)c2cc3[cH-]c4cc5c(cc4c3cc21)C(C(C)(C)C)=CC5(C)C.CCC1[C-]=CC(C(C)(C)C)=C1.Fc1cccc([C](=[Zr+2])c2cccc(F)c2)c1.[Cl-].[Cl-]. The van der Waals surface area contributed by atoms with E-state index < -0.39 is 0 Å². The molecule has 5 aromatic rings. The Labute approximate surface area is 387 Å². The summed E-state index contributed by atoms with van der Waals surface area (Å²) in [4.78, 5) is 0. The third kappa shape index (κ3) is 10.4. The summed E-state index contributed by atoms with van der Waals surface area (Å²) in [7, 11) is 0. The Kier molecular flexibility index (Phi) is 14.8. The smallest absolute Gasteiger partial charge is 1.00 e. The van der Waals surface area contributed by atoms with Crippen LogP contribution in [0.2, 0.25) is 0 Å². The van der Waals surface area contributed by atoms with Crippen molar-refractivity contribution >= 4 is 35.9 Å². The van der Waals surface area contributed by atoms with E-state index in [0.717, 1.165) is 38.6 Å². The molecule has 8 rings (SSSR count). The van der Waals surface area contributed by atoms with Gasteiger partial charge in [0.05, 0.1) is 0 Å². The Bertz CT molecular complexity index is 2380. The molecule has 5 heteroatoms. The maximum Gasteiger partial charge on any atom is -1.00 e. The maximum absolute atomic E-state index is 13.0. The number of halogens is 4. The number of hydrogen-bond acceptors (Lipinski definition) is 0. The Balaban J connectivity index is 0.000000229. The van der Waals surface area contributed by atoms with Gasteiger partial charge in [-0.05, 0) is 33.1 Å². The molecule has 0 fully saturated rings. The molecular formula is C55H62Cl2F2Zr-2. The Morgan fingerprint density at radius 3 is 1.38 bits per heavy atom. The van der Waals surface area contributed by atoms with E-state index in [1.807, 2.05) is 12.1 Å². The summed E-state index contributed by atoms with van der Waals surface area (Å²) in [6.07, 6.45) is 14.0. The first-order chi connectivity index (χ1) is 26.8. The van der Waals surface area contributed by atoms with Gasteiger partial charge in [-0.1, -0.05) is 150 Å². The molecule has 316 valence electrons. The second-order valence-electron chi connectivity index (χ2n) is 20.8. The van der Waals surface area contributed by atoms with Crippen LogP contribution in [-0.2, 0) is 35.1 Å². The van der Waals surface area contributed by atoms with E-state index in [1.165, 1.54) is 91.2 Å². The minimum atomic E-state index is -0.270. The monoisotopic (exact) mass is 920 g/mol. The van der Waals surface area contributed by atoms with Crippen LogP contribution in [0.4, 0.5) is 8.78 Å². The molecule has 3 aliphatic carbocycles. The Morgan fingerprint density at radius 1 is 0.650 bits per heavy atom. The minimum Gasteiger partial charge on any atom is -1.00 e. The predicted molar refractivity (Wildman–Crippen MR) is 243 cm³/mol. The molecule has 5 aromatic carbocycles. The van der Waals surface area contributed by atoms with Crippen molar-refractivity contribution in [2.24, 2.45) is 22.2 Å². The van der Waals surface area contributed by atoms with E-state index in [1.54, 1.807) is 12.1 Å². The molecule has 0 nitrogen and oxygen atoms in total. The zero-order valence-electron chi connectivity index (χ0n) is 38.1. The summed E-state index contributed by atoms with van der Waals surface area (Å²) in [5, 5.41) is 5.58. The molecule has 0 aromatic heterocycles. The first-order valence-electron chi connectivity index (χ1n) is 20.9. The molecule has 0 saturated heterocycles. The third-order valence-corrected chi connectivity index (χ3v) is 13.4. The number of fused-ring (bicyclic) bond motifs is 5. The molecule has 0 bridgehead atoms. The van der Waals surface area contributed by atoms with Crippen molar-refractivity contribution < 1.29 is 57.8 Å². The zero-order valence-corrected chi connectivity index (χ0v) is 42.1. The van der Waals surface area contributed by atoms with E-state index in [2.05, 4.69) is 158 Å². The molecule has 0 saturated carbocycles. The second kappa shape index (κ2) is 17.9. The van der Waals surface area contributed by atoms with Crippen LogP contribution in [0.5, 0.6) is 0 Å². The zero-order chi connectivity index (χ0) is 42.7. The molecular weight excluding hydrogens is 861 g/mol. The molecule has 0 heterocycles. The normalized spacial score (nSPS) is 17.2. The molecule has 0 amide bonds. The van der Waals surface area contributed by atoms with Crippen molar-refractivity contribution in [3.8, 4) is 0 Å². The van der Waals surface area contributed by atoms with E-state index in [9.17, 15) is 8.78 Å². The first kappa shape index (κ1) is 49.6. The summed E-state index contributed by atoms with van der Waals surface area (Å²) in [5.74, 6) is 0.0341. The number of rotatable bonds is 3. The summed E-state index contributed by atoms with van der Waals surface area (Å²) < 4.78 is 27.0. The van der Waals surface area contributed by atoms with Crippen LogP contribution >= 0.6 is 0 Å². The average Bonchev–Trinajstić information content (AvgIpc) is 3.88. The molecule has 1 atom stereocenters. The van der Waals surface area contributed by atoms with Gasteiger partial charge >= 0.3 is 108 Å². The van der Waals surface area contributed by atoms with Gasteiger partial charge in [-0.3, -0.25) is 6.08 Å². The summed E-state index contributed by atoms with van der Waals surface area (Å²) in [5.41, 5.74) is 12.6. The first-order valence-corrected chi connectivity index (χ1v) is 22.1. The quantitative estimate of drug-likeness (QED) is 0.158. The van der Waals surface area contributed by atoms with Crippen LogP contribution in [0, 0.1) is 39.9 Å². The van der Waals surface area contributed by atoms with Gasteiger partial charge in [0.15, 0.2) is 0 Å². The third-order valence-electron chi connectivity index (χ3n) is 11.9. The van der Waals surface area contributed by atoms with Crippen LogP contribution < -0.4 is 24.8 Å². The number of hydrogen-bond donors (Lipinski definition) is 0. The van der Waals surface area contributed by atoms with Crippen LogP contribution in [0.3, 0.4) is 0 Å². The van der Waals surface area contributed by atoms with Crippen molar-refractivity contribution in [2.75, 3.05) is 0 Å². The van der Waals surface area contributed by atoms with Gasteiger partial charge in [0.2, 0.25) is 0 Å². The van der Waals surface area contributed by atoms with Crippen LogP contribution in [0.1, 0.15) is 137 Å². The van der Waals surface area contributed by atoms with E-state index in [0.29, 0.717) is 11.3 Å². The van der Waals surface area contributed by atoms with Crippen molar-refractivity contribution in [2.45, 2.75) is 114 Å². The van der Waals surface area contributed by atoms with Crippen molar-refractivity contribution in [3.63, 3.8) is 0 Å². The minimum absolute atomic E-state index is 0. The fourth-order valence-corrected chi connectivity index (χ4v) is 9.32. The maximum atomic E-state index is 13.0. The fraction of sp³-hybridized carbons (Fsp3) is 0.382. The standard InChI is InChI=1S/C31H37.C13H8F2.C11H17.2ClH.Zr/c1-28(2,3)26-16-30(7,8)24-12-18-11-19-13-25-23(15-21(19)20(18)14-22(24)26)27(29(4,5)6)17-31(25,9)10;14-12-5-1-3-10(8-12)7-11-4-2-6-13(15)9-11;1-5-9-6-7-10(8-9)11(2,3)4;;;/h11-17H,1-10H3;1-6,8-9H;7-9H,5H2,1-4H3;2*1H;/q-1;;-1;;;+2/p-2. The largest absolute Gasteiger partial charge is 1.00 e. The van der Waals surface area contributed by atoms with Gasteiger partial charge in [-0.25, -0.2) is 6.08 Å². The van der Waals surface area contributed by atoms with Gasteiger partial charge in [-0.2, -0.15) is 11.6 Å². The fourth-order valence-electron chi connectivity index (χ4n) is 8.56. The van der Waals surface area contributed by atoms with Crippen LogP contribution in [-0.4, -0.2) is 3.21 Å². The summed E-state index contributed by atoms with van der Waals surface area (Å²) in [6, 6.07) is 25.1. The van der Waals surface area contributed by atoms with Gasteiger partial charge in [0, 0.05) is 10.8 Å². The average molecular weight is 923 g/mol. The van der Waals surface area contributed by atoms with Gasteiger partial charge in [0.1, 0.15) is 0 Å². The molecule has 0 aliphatic heterocycles. The van der Waals surface area contributed by atoms with Gasteiger partial charge in [-0.15, -0.1) is 39.7 Å². The van der Waals surface area contributed by atoms with Crippen molar-refractivity contribution in [3.05, 3.63) is 160 Å². The Hall–Kier alpha value is -3.10. The van der Waals surface area contributed by atoms with Crippen molar-refractivity contribution in [1.82, 2.24) is 0 Å². The summed E-state index contributed by atoms with van der Waals surface area (Å²) in [6.45, 7) is 32.4. The number of allylic oxidation sites excluding steroid dienone is 8. The molecule has 60 heavy (non-hydrogen) atoms. The molecule has 3 aliphatic rings. The Morgan fingerprint density at radius 2 is 1.07 bits per heavy atom. The molecule has 0 radical (unpaired) electrons. The number of benzene rings is 4. The van der Waals surface area contributed by atoms with Gasteiger partial charge in [0.25, 0.3) is 0 Å². The summed E-state index contributed by atoms with van der Waals surface area (Å²) >= 11 is 1.13. The molecule has 0 spiro atoms. The molecule has 0 N–H and O–H groups in total. The van der Waals surface area contributed by atoms with Crippen LogP contribution in [0.15, 0.2) is 109 Å².